The molecule has 0 saturated carbocycles. The summed E-state index contributed by atoms with van der Waals surface area (Å²) in [7, 11) is 1.51. The highest BCUT2D eigenvalue weighted by atomic mass is 16.7. The van der Waals surface area contributed by atoms with E-state index in [2.05, 4.69) is 10.6 Å². The average molecular weight is 827 g/mol. The molecule has 15 nitrogen and oxygen atoms in total. The second-order valence-electron chi connectivity index (χ2n) is 15.3. The first-order valence-corrected chi connectivity index (χ1v) is 20.9. The van der Waals surface area contributed by atoms with Crippen molar-refractivity contribution in [2.75, 3.05) is 38.7 Å². The van der Waals surface area contributed by atoms with E-state index in [1.54, 1.807) is 0 Å². The fourth-order valence-corrected chi connectivity index (χ4v) is 6.67. The number of benzene rings is 2. The minimum atomic E-state index is -1.26. The van der Waals surface area contributed by atoms with Gasteiger partial charge in [-0.15, -0.1) is 0 Å². The van der Waals surface area contributed by atoms with E-state index in [1.165, 1.54) is 7.11 Å². The molecule has 4 rings (SSSR count). The molecule has 0 aliphatic carbocycles. The van der Waals surface area contributed by atoms with Crippen LogP contribution >= 0.6 is 0 Å². The van der Waals surface area contributed by atoms with Gasteiger partial charge in [-0.25, -0.2) is 0 Å². The molecule has 9 unspecified atom stereocenters. The molecule has 15 heteroatoms. The van der Waals surface area contributed by atoms with Gasteiger partial charge in [-0.05, 0) is 43.2 Å². The van der Waals surface area contributed by atoms with E-state index in [1.807, 2.05) is 88.4 Å². The summed E-state index contributed by atoms with van der Waals surface area (Å²) in [6.07, 6.45) is -2.57. The number of carbonyl (C=O) groups is 1. The van der Waals surface area contributed by atoms with E-state index >= 15 is 0 Å². The monoisotopic (exact) mass is 826 g/mol. The van der Waals surface area contributed by atoms with E-state index in [0.717, 1.165) is 24.0 Å². The summed E-state index contributed by atoms with van der Waals surface area (Å²) < 4.78 is 43.2. The highest BCUT2D eigenvalue weighted by Crippen LogP contribution is 2.29. The van der Waals surface area contributed by atoms with E-state index < -0.39 is 66.0 Å². The van der Waals surface area contributed by atoms with Crippen LogP contribution in [-0.2, 0) is 46.4 Å². The minimum Gasteiger partial charge on any atom is -0.487 e. The van der Waals surface area contributed by atoms with Gasteiger partial charge in [0.25, 0.3) is 10.9 Å². The molecule has 0 spiro atoms. The van der Waals surface area contributed by atoms with Gasteiger partial charge in [0, 0.05) is 39.3 Å². The molecule has 0 bridgehead atoms. The second kappa shape index (κ2) is 25.1. The van der Waals surface area contributed by atoms with Gasteiger partial charge in [-0.2, -0.15) is 0 Å². The third kappa shape index (κ3) is 14.4. The zero-order valence-corrected chi connectivity index (χ0v) is 35.2. The molecular weight excluding hydrogens is 761 g/mol. The van der Waals surface area contributed by atoms with Crippen molar-refractivity contribution in [1.29, 1.82) is 0 Å². The lowest BCUT2D eigenvalue weighted by molar-refractivity contribution is -0.329. The number of methoxy groups -OCH3 is 1. The maximum absolute atomic E-state index is 12.5. The quantitative estimate of drug-likeness (QED) is 0.0403. The number of amides is 1. The molecule has 9 atom stereocenters. The van der Waals surface area contributed by atoms with Crippen LogP contribution in [0.2, 0.25) is 0 Å². The number of hydrogen-bond donors (Lipinski definition) is 5. The highest BCUT2D eigenvalue weighted by Gasteiger charge is 2.47. The molecule has 7 N–H and O–H groups in total. The van der Waals surface area contributed by atoms with E-state index in [4.69, 9.17) is 44.6 Å². The molecule has 1 aliphatic rings. The summed E-state index contributed by atoms with van der Waals surface area (Å²) in [6, 6.07) is 18.2. The van der Waals surface area contributed by atoms with Crippen molar-refractivity contribution in [3.63, 3.8) is 0 Å². The Balaban J connectivity index is 1.34. The fourth-order valence-electron chi connectivity index (χ4n) is 6.67. The molecule has 3 aromatic carbocycles. The number of nitrogens with two attached hydrogens (primary N) is 2. The Morgan fingerprint density at radius 2 is 1.56 bits per heavy atom. The second-order valence-corrected chi connectivity index (χ2v) is 15.3. The Morgan fingerprint density at radius 1 is 0.881 bits per heavy atom. The molecule has 328 valence electrons. The maximum Gasteiger partial charge on any atom is 0.272 e. The van der Waals surface area contributed by atoms with Crippen LogP contribution in [0.3, 0.4) is 0 Å². The van der Waals surface area contributed by atoms with Crippen molar-refractivity contribution in [3.8, 4) is 5.75 Å². The molecule has 59 heavy (non-hydrogen) atoms. The van der Waals surface area contributed by atoms with Crippen molar-refractivity contribution >= 4 is 11.6 Å². The summed E-state index contributed by atoms with van der Waals surface area (Å²) in [6.45, 7) is 9.48. The summed E-state index contributed by atoms with van der Waals surface area (Å²) >= 11 is 0. The van der Waals surface area contributed by atoms with Gasteiger partial charge in [0.05, 0.1) is 32.0 Å². The van der Waals surface area contributed by atoms with Crippen LogP contribution in [0.4, 0.5) is 5.69 Å². The number of unbranched alkanes of at least 4 members (excludes halogenated alkanes) is 3. The van der Waals surface area contributed by atoms with E-state index in [-0.39, 0.29) is 56.2 Å². The van der Waals surface area contributed by atoms with Crippen LogP contribution in [0.15, 0.2) is 70.3 Å². The van der Waals surface area contributed by atoms with Gasteiger partial charge in [0.2, 0.25) is 5.91 Å². The Bertz CT molecular complexity index is 1710. The van der Waals surface area contributed by atoms with Crippen molar-refractivity contribution in [2.24, 2.45) is 17.4 Å². The number of carbonyl (C=O) groups excluding carboxylic acids is 1. The molecule has 1 amide bonds. The van der Waals surface area contributed by atoms with Crippen LogP contribution in [0.1, 0.15) is 77.3 Å². The molecule has 3 aromatic rings. The number of anilines is 1. The largest absolute Gasteiger partial charge is 0.487 e. The van der Waals surface area contributed by atoms with Gasteiger partial charge >= 0.3 is 0 Å². The smallest absolute Gasteiger partial charge is 0.272 e. The maximum atomic E-state index is 12.5. The molecule has 0 aromatic heterocycles. The zero-order valence-electron chi connectivity index (χ0n) is 35.2. The first-order chi connectivity index (χ1) is 28.5. The number of aliphatic hydroxyl groups is 1. The van der Waals surface area contributed by atoms with E-state index in [0.29, 0.717) is 32.3 Å². The van der Waals surface area contributed by atoms with Crippen LogP contribution < -0.4 is 37.7 Å². The van der Waals surface area contributed by atoms with Crippen LogP contribution in [0.5, 0.6) is 5.75 Å². The Labute approximate surface area is 348 Å². The Kier molecular flexibility index (Phi) is 20.4. The highest BCUT2D eigenvalue weighted by molar-refractivity contribution is 5.75. The summed E-state index contributed by atoms with van der Waals surface area (Å²) in [5.41, 5.74) is 14.2. The third-order valence-electron chi connectivity index (χ3n) is 10.4. The topological polar surface area (TPSA) is 212 Å². The van der Waals surface area contributed by atoms with Crippen LogP contribution in [0, 0.1) is 5.92 Å². The normalized spacial score (nSPS) is 21.5. The minimum absolute atomic E-state index is 0.0307. The van der Waals surface area contributed by atoms with Gasteiger partial charge in [-0.1, -0.05) is 94.3 Å². The number of nitrogens with one attached hydrogen (secondary N) is 2. The third-order valence-corrected chi connectivity index (χ3v) is 10.4. The summed E-state index contributed by atoms with van der Waals surface area (Å²) in [5.74, 6) is -0.0927. The SMILES string of the molecule is CCCCOc1c(NCCNC(=O)CCCCCOC(OC)C(OC2OC(C)C(N)C(OCc3ccccc3)C2O)C(OCc2ccccc2)C(N)C(C)C)c(=O)c1=O. The first-order valence-electron chi connectivity index (χ1n) is 20.9. The first kappa shape index (κ1) is 47.9. The van der Waals surface area contributed by atoms with Crippen molar-refractivity contribution in [1.82, 2.24) is 5.32 Å². The zero-order chi connectivity index (χ0) is 42.7. The predicted molar refractivity (Wildman–Crippen MR) is 225 cm³/mol. The Morgan fingerprint density at radius 3 is 2.20 bits per heavy atom. The van der Waals surface area contributed by atoms with Crippen molar-refractivity contribution < 1.29 is 43.1 Å². The van der Waals surface area contributed by atoms with Crippen LogP contribution in [-0.4, -0.2) is 99.6 Å². The molecule has 0 radical (unpaired) electrons. The lowest BCUT2D eigenvalue weighted by Crippen LogP contribution is -2.64. The van der Waals surface area contributed by atoms with Gasteiger partial charge in [0.1, 0.15) is 30.1 Å². The molecule has 1 saturated heterocycles. The summed E-state index contributed by atoms with van der Waals surface area (Å²) in [5, 5.41) is 17.4. The van der Waals surface area contributed by atoms with E-state index in [9.17, 15) is 19.5 Å². The summed E-state index contributed by atoms with van der Waals surface area (Å²) in [4.78, 5) is 36.3. The van der Waals surface area contributed by atoms with Crippen molar-refractivity contribution in [2.45, 2.75) is 135 Å². The molecule has 1 heterocycles. The Hall–Kier alpha value is -3.77. The fraction of sp³-hybridized carbons (Fsp3) is 0.614. The predicted octanol–water partition coefficient (Wildman–Crippen LogP) is 3.51. The molecular formula is C44H66N4O11. The van der Waals surface area contributed by atoms with Crippen molar-refractivity contribution in [3.05, 3.63) is 92.2 Å². The molecule has 1 aliphatic heterocycles. The number of ether oxygens (including phenoxy) is 7. The van der Waals surface area contributed by atoms with Gasteiger partial charge in [-0.3, -0.25) is 14.4 Å². The van der Waals surface area contributed by atoms with Gasteiger partial charge in [0.15, 0.2) is 18.3 Å². The number of rotatable bonds is 28. The van der Waals surface area contributed by atoms with Gasteiger partial charge < -0.3 is 60.4 Å². The lowest BCUT2D eigenvalue weighted by atomic mass is 9.94. The standard InChI is InChI=1S/C44H66N4O11/c1-6-7-24-54-41-35(36(50)37(41)51)48-23-22-47-32(49)21-15-10-16-25-55-44(53-5)42(40(33(45)28(2)3)57-27-31-19-13-9-14-20-31)59-43-38(52)39(34(46)29(4)58-43)56-26-30-17-11-8-12-18-30/h8-9,11-14,17-20,28-29,33-34,38-40,42-44,48,52H,6-7,10,15-16,21-27,45-46H2,1-5H3,(H,47,49). The number of aliphatic hydroxyl groups excluding tert-OH is 1. The molecule has 1 fully saturated rings. The lowest BCUT2D eigenvalue weighted by Gasteiger charge is -2.45. The average Bonchev–Trinajstić information content (AvgIpc) is 3.24. The van der Waals surface area contributed by atoms with Crippen LogP contribution in [0.25, 0.3) is 0 Å². The number of hydrogen-bond acceptors (Lipinski definition) is 14.